The third-order valence-corrected chi connectivity index (χ3v) is 3.17. The average Bonchev–Trinajstić information content (AvgIpc) is 2.35. The minimum Gasteiger partial charge on any atom is -0.385 e. The molecule has 0 fully saturated rings. The van der Waals surface area contributed by atoms with E-state index in [9.17, 15) is 0 Å². The lowest BCUT2D eigenvalue weighted by Crippen LogP contribution is -2.09. The number of hydrogen-bond acceptors (Lipinski definition) is 5. The Labute approximate surface area is 116 Å². The van der Waals surface area contributed by atoms with E-state index in [2.05, 4.69) is 31.2 Å². The fraction of sp³-hybridized carbons (Fsp3) is 0.667. The molecule has 0 aliphatic rings. The number of nitrogens with one attached hydrogen (secondary N) is 1. The lowest BCUT2D eigenvalue weighted by molar-refractivity contribution is 0.180. The minimum absolute atomic E-state index is 0.471. The Balaban J connectivity index is 2.88. The SMILES string of the molecule is CCNc1nc(CCCOC)nc(COC)c1Br. The van der Waals surface area contributed by atoms with E-state index in [4.69, 9.17) is 9.47 Å². The highest BCUT2D eigenvalue weighted by atomic mass is 79.9. The number of nitrogens with zero attached hydrogens (tertiary/aromatic N) is 2. The number of ether oxygens (including phenoxy) is 2. The second-order valence-corrected chi connectivity index (χ2v) is 4.60. The first-order chi connectivity index (χ1) is 8.72. The molecule has 0 atom stereocenters. The molecule has 0 saturated carbocycles. The Kier molecular flexibility index (Phi) is 7.15. The van der Waals surface area contributed by atoms with Gasteiger partial charge in [-0.15, -0.1) is 0 Å². The molecule has 0 aliphatic heterocycles. The van der Waals surface area contributed by atoms with Gasteiger partial charge in [0, 0.05) is 33.8 Å². The molecule has 1 heterocycles. The van der Waals surface area contributed by atoms with Crippen LogP contribution in [0.3, 0.4) is 0 Å². The van der Waals surface area contributed by atoms with Crippen molar-refractivity contribution in [3.8, 4) is 0 Å². The van der Waals surface area contributed by atoms with Crippen molar-refractivity contribution >= 4 is 21.7 Å². The van der Waals surface area contributed by atoms with Crippen LogP contribution in [0.25, 0.3) is 0 Å². The highest BCUT2D eigenvalue weighted by Crippen LogP contribution is 2.24. The molecule has 0 spiro atoms. The number of methoxy groups -OCH3 is 2. The van der Waals surface area contributed by atoms with Gasteiger partial charge in [0.05, 0.1) is 16.8 Å². The summed E-state index contributed by atoms with van der Waals surface area (Å²) in [6.45, 7) is 4.04. The van der Waals surface area contributed by atoms with Gasteiger partial charge in [0.1, 0.15) is 11.6 Å². The summed E-state index contributed by atoms with van der Waals surface area (Å²) in [5.74, 6) is 1.64. The normalized spacial score (nSPS) is 10.7. The summed E-state index contributed by atoms with van der Waals surface area (Å²) >= 11 is 3.51. The van der Waals surface area contributed by atoms with E-state index < -0.39 is 0 Å². The van der Waals surface area contributed by atoms with Crippen molar-refractivity contribution in [1.82, 2.24) is 9.97 Å². The minimum atomic E-state index is 0.471. The van der Waals surface area contributed by atoms with E-state index in [1.807, 2.05) is 6.92 Å². The first kappa shape index (κ1) is 15.3. The Morgan fingerprint density at radius 1 is 1.22 bits per heavy atom. The van der Waals surface area contributed by atoms with Gasteiger partial charge < -0.3 is 14.8 Å². The maximum atomic E-state index is 5.15. The van der Waals surface area contributed by atoms with Gasteiger partial charge in [-0.1, -0.05) is 0 Å². The standard InChI is InChI=1S/C12H20BrN3O2/c1-4-14-12-11(13)9(8-18-3)15-10(16-12)6-5-7-17-2/h4-8H2,1-3H3,(H,14,15,16). The zero-order chi connectivity index (χ0) is 13.4. The summed E-state index contributed by atoms with van der Waals surface area (Å²) in [5.41, 5.74) is 0.871. The largest absolute Gasteiger partial charge is 0.385 e. The van der Waals surface area contributed by atoms with Crippen molar-refractivity contribution in [2.24, 2.45) is 0 Å². The van der Waals surface area contributed by atoms with E-state index in [1.54, 1.807) is 14.2 Å². The number of halogens is 1. The van der Waals surface area contributed by atoms with Crippen LogP contribution in [0.2, 0.25) is 0 Å². The van der Waals surface area contributed by atoms with Crippen molar-refractivity contribution < 1.29 is 9.47 Å². The molecule has 0 aromatic carbocycles. The zero-order valence-electron chi connectivity index (χ0n) is 11.1. The van der Waals surface area contributed by atoms with Crippen LogP contribution in [-0.2, 0) is 22.5 Å². The third-order valence-electron chi connectivity index (χ3n) is 2.34. The molecule has 18 heavy (non-hydrogen) atoms. The number of aromatic nitrogens is 2. The second kappa shape index (κ2) is 8.39. The lowest BCUT2D eigenvalue weighted by Gasteiger charge is -2.11. The molecule has 0 saturated heterocycles. The topological polar surface area (TPSA) is 56.3 Å². The summed E-state index contributed by atoms with van der Waals surface area (Å²) in [7, 11) is 3.36. The first-order valence-electron chi connectivity index (χ1n) is 6.00. The molecule has 0 amide bonds. The monoisotopic (exact) mass is 317 g/mol. The summed E-state index contributed by atoms with van der Waals surface area (Å²) in [5, 5.41) is 3.22. The van der Waals surface area contributed by atoms with Gasteiger partial charge >= 0.3 is 0 Å². The van der Waals surface area contributed by atoms with E-state index in [-0.39, 0.29) is 0 Å². The predicted octanol–water partition coefficient (Wildman–Crippen LogP) is 2.40. The molecule has 102 valence electrons. The van der Waals surface area contributed by atoms with Gasteiger partial charge in [0.25, 0.3) is 0 Å². The fourth-order valence-corrected chi connectivity index (χ4v) is 1.98. The van der Waals surface area contributed by atoms with Crippen LogP contribution in [0.5, 0.6) is 0 Å². The van der Waals surface area contributed by atoms with Crippen LogP contribution in [0.4, 0.5) is 5.82 Å². The average molecular weight is 318 g/mol. The number of aryl methyl sites for hydroxylation is 1. The van der Waals surface area contributed by atoms with Crippen LogP contribution < -0.4 is 5.32 Å². The molecule has 1 N–H and O–H groups in total. The summed E-state index contributed by atoms with van der Waals surface area (Å²) in [6.07, 6.45) is 1.71. The summed E-state index contributed by atoms with van der Waals surface area (Å²) in [4.78, 5) is 8.99. The molecule has 1 aromatic rings. The van der Waals surface area contributed by atoms with Gasteiger partial charge in [-0.25, -0.2) is 9.97 Å². The quantitative estimate of drug-likeness (QED) is 0.746. The number of rotatable bonds is 8. The smallest absolute Gasteiger partial charge is 0.144 e. The Morgan fingerprint density at radius 3 is 2.61 bits per heavy atom. The molecular weight excluding hydrogens is 298 g/mol. The first-order valence-corrected chi connectivity index (χ1v) is 6.79. The molecule has 0 bridgehead atoms. The predicted molar refractivity (Wildman–Crippen MR) is 74.8 cm³/mol. The molecule has 0 aliphatic carbocycles. The van der Waals surface area contributed by atoms with Gasteiger partial charge in [0.15, 0.2) is 0 Å². The van der Waals surface area contributed by atoms with Gasteiger partial charge in [-0.2, -0.15) is 0 Å². The Bertz CT molecular complexity index is 347. The van der Waals surface area contributed by atoms with Crippen molar-refractivity contribution in [2.45, 2.75) is 26.4 Å². The summed E-state index contributed by atoms with van der Waals surface area (Å²) < 4.78 is 11.1. The molecule has 1 aromatic heterocycles. The molecule has 0 radical (unpaired) electrons. The van der Waals surface area contributed by atoms with Crippen molar-refractivity contribution in [1.29, 1.82) is 0 Å². The number of hydrogen-bond donors (Lipinski definition) is 1. The third kappa shape index (κ3) is 4.51. The van der Waals surface area contributed by atoms with E-state index in [1.165, 1.54) is 0 Å². The maximum absolute atomic E-state index is 5.15. The van der Waals surface area contributed by atoms with Crippen molar-refractivity contribution in [3.63, 3.8) is 0 Å². The maximum Gasteiger partial charge on any atom is 0.144 e. The van der Waals surface area contributed by atoms with Crippen LogP contribution in [0.15, 0.2) is 4.47 Å². The molecular formula is C12H20BrN3O2. The summed E-state index contributed by atoms with van der Waals surface area (Å²) in [6, 6.07) is 0. The van der Waals surface area contributed by atoms with Crippen LogP contribution in [0, 0.1) is 0 Å². The highest BCUT2D eigenvalue weighted by molar-refractivity contribution is 9.10. The van der Waals surface area contributed by atoms with Crippen molar-refractivity contribution in [2.75, 3.05) is 32.7 Å². The fourth-order valence-electron chi connectivity index (χ4n) is 1.55. The molecule has 1 rings (SSSR count). The molecule has 0 unspecified atom stereocenters. The Morgan fingerprint density at radius 2 is 2.00 bits per heavy atom. The van der Waals surface area contributed by atoms with Crippen LogP contribution in [-0.4, -0.2) is 37.3 Å². The van der Waals surface area contributed by atoms with Crippen LogP contribution >= 0.6 is 15.9 Å². The zero-order valence-corrected chi connectivity index (χ0v) is 12.7. The van der Waals surface area contributed by atoms with Gasteiger partial charge in [-0.05, 0) is 29.3 Å². The van der Waals surface area contributed by atoms with Crippen LogP contribution in [0.1, 0.15) is 24.9 Å². The van der Waals surface area contributed by atoms with Crippen molar-refractivity contribution in [3.05, 3.63) is 16.0 Å². The molecule has 5 nitrogen and oxygen atoms in total. The van der Waals surface area contributed by atoms with Gasteiger partial charge in [-0.3, -0.25) is 0 Å². The lowest BCUT2D eigenvalue weighted by atomic mass is 10.3. The van der Waals surface area contributed by atoms with E-state index >= 15 is 0 Å². The molecule has 6 heteroatoms. The van der Waals surface area contributed by atoms with E-state index in [0.29, 0.717) is 6.61 Å². The van der Waals surface area contributed by atoms with Gasteiger partial charge in [0.2, 0.25) is 0 Å². The van der Waals surface area contributed by atoms with E-state index in [0.717, 1.165) is 47.8 Å². The second-order valence-electron chi connectivity index (χ2n) is 3.81. The Hall–Kier alpha value is -0.720. The number of anilines is 1. The highest BCUT2D eigenvalue weighted by Gasteiger charge is 2.11.